The molecular formula is C23H28BrNO2S. The summed E-state index contributed by atoms with van der Waals surface area (Å²) in [6.45, 7) is 6.98. The second kappa shape index (κ2) is 8.52. The molecule has 1 saturated heterocycles. The normalized spacial score (nSPS) is 20.9. The minimum absolute atomic E-state index is 0.103. The second-order valence-corrected chi connectivity index (χ2v) is 11.2. The fourth-order valence-electron chi connectivity index (χ4n) is 3.75. The fraction of sp³-hybridized carbons (Fsp3) is 0.391. The van der Waals surface area contributed by atoms with Crippen LogP contribution in [0.4, 0.5) is 0 Å². The molecule has 0 bridgehead atoms. The van der Waals surface area contributed by atoms with Crippen LogP contribution in [0.3, 0.4) is 0 Å². The van der Waals surface area contributed by atoms with Crippen LogP contribution in [0, 0.1) is 12.3 Å². The molecule has 150 valence electrons. The van der Waals surface area contributed by atoms with Gasteiger partial charge >= 0.3 is 0 Å². The highest BCUT2D eigenvalue weighted by Crippen LogP contribution is 2.36. The Labute approximate surface area is 177 Å². The van der Waals surface area contributed by atoms with Crippen molar-refractivity contribution in [1.29, 1.82) is 0 Å². The first kappa shape index (κ1) is 21.3. The first-order chi connectivity index (χ1) is 13.2. The molecule has 1 fully saturated rings. The first-order valence-electron chi connectivity index (χ1n) is 9.70. The summed E-state index contributed by atoms with van der Waals surface area (Å²) >= 11 is 3.45. The van der Waals surface area contributed by atoms with E-state index in [-0.39, 0.29) is 11.5 Å². The van der Waals surface area contributed by atoms with Gasteiger partial charge in [-0.15, -0.1) is 0 Å². The van der Waals surface area contributed by atoms with Gasteiger partial charge in [0.25, 0.3) is 0 Å². The van der Waals surface area contributed by atoms with Crippen LogP contribution >= 0.6 is 15.9 Å². The number of nitrogens with zero attached hydrogens (tertiary/aromatic N) is 1. The van der Waals surface area contributed by atoms with Crippen molar-refractivity contribution in [2.75, 3.05) is 6.54 Å². The average molecular weight is 462 g/mol. The molecule has 5 heteroatoms. The molecule has 1 unspecified atom stereocenters. The summed E-state index contributed by atoms with van der Waals surface area (Å²) in [5.41, 5.74) is 2.23. The Kier molecular flexibility index (Phi) is 6.47. The van der Waals surface area contributed by atoms with Crippen molar-refractivity contribution < 1.29 is 8.42 Å². The van der Waals surface area contributed by atoms with Gasteiger partial charge in [-0.1, -0.05) is 71.8 Å². The van der Waals surface area contributed by atoms with Crippen molar-refractivity contribution in [3.63, 3.8) is 0 Å². The van der Waals surface area contributed by atoms with Gasteiger partial charge in [0.1, 0.15) is 0 Å². The lowest BCUT2D eigenvalue weighted by atomic mass is 9.83. The zero-order valence-electron chi connectivity index (χ0n) is 16.7. The Hall–Kier alpha value is -1.43. The van der Waals surface area contributed by atoms with Crippen LogP contribution < -0.4 is 0 Å². The summed E-state index contributed by atoms with van der Waals surface area (Å²) in [4.78, 5) is 0.375. The molecule has 2 aromatic rings. The Bertz CT molecular complexity index is 932. The molecule has 0 saturated carbocycles. The topological polar surface area (TPSA) is 37.4 Å². The minimum Gasteiger partial charge on any atom is -0.207 e. The molecule has 1 atom stereocenters. The van der Waals surface area contributed by atoms with Gasteiger partial charge in [0.2, 0.25) is 10.0 Å². The van der Waals surface area contributed by atoms with Crippen LogP contribution in [0.25, 0.3) is 6.08 Å². The number of rotatable bonds is 4. The molecule has 0 N–H and O–H groups in total. The molecule has 0 aliphatic carbocycles. The van der Waals surface area contributed by atoms with Crippen molar-refractivity contribution in [2.45, 2.75) is 51.0 Å². The molecule has 1 aliphatic rings. The summed E-state index contributed by atoms with van der Waals surface area (Å²) in [7, 11) is -3.54. The predicted octanol–water partition coefficient (Wildman–Crippen LogP) is 6.04. The highest BCUT2D eigenvalue weighted by atomic mass is 79.9. The van der Waals surface area contributed by atoms with Crippen LogP contribution in [-0.4, -0.2) is 25.3 Å². The second-order valence-electron chi connectivity index (χ2n) is 8.38. The monoisotopic (exact) mass is 461 g/mol. The Balaban J connectivity index is 1.95. The zero-order chi connectivity index (χ0) is 20.4. The van der Waals surface area contributed by atoms with E-state index in [0.29, 0.717) is 11.4 Å². The third kappa shape index (κ3) is 5.13. The average Bonchev–Trinajstić information content (AvgIpc) is 2.79. The number of hydrogen-bond acceptors (Lipinski definition) is 2. The SMILES string of the molecule is Cc1ccc(S(=O)(=O)N2CCCC(C)(C)CC2C=Cc2ccc(Br)cc2)cc1. The van der Waals surface area contributed by atoms with Crippen LogP contribution in [0.5, 0.6) is 0 Å². The maximum atomic E-state index is 13.4. The third-order valence-corrected chi connectivity index (χ3v) is 7.84. The van der Waals surface area contributed by atoms with Crippen molar-refractivity contribution in [1.82, 2.24) is 4.31 Å². The zero-order valence-corrected chi connectivity index (χ0v) is 19.1. The van der Waals surface area contributed by atoms with Gasteiger partial charge in [-0.05, 0) is 61.4 Å². The quantitative estimate of drug-likeness (QED) is 0.556. The Morgan fingerprint density at radius 2 is 1.71 bits per heavy atom. The van der Waals surface area contributed by atoms with Gasteiger partial charge in [0, 0.05) is 17.1 Å². The highest BCUT2D eigenvalue weighted by molar-refractivity contribution is 9.10. The van der Waals surface area contributed by atoms with E-state index < -0.39 is 10.0 Å². The number of halogens is 1. The molecule has 1 aliphatic heterocycles. The molecule has 3 nitrogen and oxygen atoms in total. The lowest BCUT2D eigenvalue weighted by Gasteiger charge is -2.30. The van der Waals surface area contributed by atoms with E-state index in [9.17, 15) is 8.42 Å². The van der Waals surface area contributed by atoms with Gasteiger partial charge in [-0.25, -0.2) is 8.42 Å². The molecule has 0 aromatic heterocycles. The maximum absolute atomic E-state index is 13.4. The molecule has 3 rings (SSSR count). The van der Waals surface area contributed by atoms with E-state index in [0.717, 1.165) is 34.9 Å². The van der Waals surface area contributed by atoms with Crippen molar-refractivity contribution in [3.05, 3.63) is 70.2 Å². The predicted molar refractivity (Wildman–Crippen MR) is 120 cm³/mol. The minimum atomic E-state index is -3.54. The third-order valence-electron chi connectivity index (χ3n) is 5.37. The molecule has 2 aromatic carbocycles. The van der Waals surface area contributed by atoms with Crippen molar-refractivity contribution in [2.24, 2.45) is 5.41 Å². The van der Waals surface area contributed by atoms with Gasteiger partial charge < -0.3 is 0 Å². The highest BCUT2D eigenvalue weighted by Gasteiger charge is 2.36. The largest absolute Gasteiger partial charge is 0.243 e. The van der Waals surface area contributed by atoms with E-state index in [1.165, 1.54) is 0 Å². The van der Waals surface area contributed by atoms with Gasteiger partial charge in [-0.2, -0.15) is 4.31 Å². The summed E-state index contributed by atoms with van der Waals surface area (Å²) in [5.74, 6) is 0. The van der Waals surface area contributed by atoms with Crippen molar-refractivity contribution in [3.8, 4) is 0 Å². The van der Waals surface area contributed by atoms with E-state index in [2.05, 4.69) is 35.9 Å². The summed E-state index contributed by atoms with van der Waals surface area (Å²) < 4.78 is 29.6. The molecule has 0 amide bonds. The summed E-state index contributed by atoms with van der Waals surface area (Å²) in [6, 6.07) is 15.1. The lowest BCUT2D eigenvalue weighted by molar-refractivity contribution is 0.282. The van der Waals surface area contributed by atoms with Crippen molar-refractivity contribution >= 4 is 32.0 Å². The van der Waals surface area contributed by atoms with Crippen LogP contribution in [0.2, 0.25) is 0 Å². The number of benzene rings is 2. The Morgan fingerprint density at radius 1 is 1.07 bits per heavy atom. The Morgan fingerprint density at radius 3 is 2.36 bits per heavy atom. The molecular weight excluding hydrogens is 434 g/mol. The van der Waals surface area contributed by atoms with Gasteiger partial charge in [0.15, 0.2) is 0 Å². The molecule has 0 radical (unpaired) electrons. The van der Waals surface area contributed by atoms with Crippen LogP contribution in [-0.2, 0) is 10.0 Å². The van der Waals surface area contributed by atoms with Gasteiger partial charge in [0.05, 0.1) is 4.90 Å². The summed E-state index contributed by atoms with van der Waals surface area (Å²) in [5, 5.41) is 0. The fourth-order valence-corrected chi connectivity index (χ4v) is 5.64. The lowest BCUT2D eigenvalue weighted by Crippen LogP contribution is -2.39. The number of sulfonamides is 1. The number of aryl methyl sites for hydroxylation is 1. The molecule has 0 spiro atoms. The standard InChI is InChI=1S/C23H28BrNO2S/c1-18-5-13-22(14-6-18)28(26,27)25-16-4-15-23(2,3)17-21(25)12-9-19-7-10-20(24)11-8-19/h5-14,21H,4,15-17H2,1-3H3. The maximum Gasteiger partial charge on any atom is 0.243 e. The van der Waals surface area contributed by atoms with Crippen LogP contribution in [0.15, 0.2) is 64.0 Å². The smallest absolute Gasteiger partial charge is 0.207 e. The first-order valence-corrected chi connectivity index (χ1v) is 11.9. The van der Waals surface area contributed by atoms with E-state index in [4.69, 9.17) is 0 Å². The molecule has 28 heavy (non-hydrogen) atoms. The summed E-state index contributed by atoms with van der Waals surface area (Å²) in [6.07, 6.45) is 6.81. The van der Waals surface area contributed by atoms with E-state index in [1.54, 1.807) is 16.4 Å². The number of hydrogen-bond donors (Lipinski definition) is 0. The van der Waals surface area contributed by atoms with Crippen LogP contribution in [0.1, 0.15) is 44.2 Å². The van der Waals surface area contributed by atoms with E-state index in [1.807, 2.05) is 49.4 Å². The van der Waals surface area contributed by atoms with E-state index >= 15 is 0 Å². The molecule has 1 heterocycles. The van der Waals surface area contributed by atoms with Gasteiger partial charge in [-0.3, -0.25) is 0 Å².